The van der Waals surface area contributed by atoms with Crippen LogP contribution in [-0.4, -0.2) is 34.0 Å². The molecule has 1 N–H and O–H groups in total. The minimum atomic E-state index is 0.332. The van der Waals surface area contributed by atoms with Gasteiger partial charge < -0.3 is 10.1 Å². The summed E-state index contributed by atoms with van der Waals surface area (Å²) in [6, 6.07) is 10.7. The lowest BCUT2D eigenvalue weighted by atomic mass is 9.68. The number of rotatable bonds is 4. The number of para-hydroxylation sites is 1. The molecule has 1 atom stereocenters. The first-order chi connectivity index (χ1) is 11.9. The van der Waals surface area contributed by atoms with Crippen molar-refractivity contribution in [3.63, 3.8) is 0 Å². The Morgan fingerprint density at radius 1 is 1.17 bits per heavy atom. The molecule has 0 bridgehead atoms. The van der Waals surface area contributed by atoms with Crippen molar-refractivity contribution in [2.75, 3.05) is 13.2 Å². The fraction of sp³-hybridized carbons (Fsp3) is 0.579. The van der Waals surface area contributed by atoms with Crippen molar-refractivity contribution in [3.05, 3.63) is 42.5 Å². The summed E-state index contributed by atoms with van der Waals surface area (Å²) in [6.07, 6.45) is 9.52. The van der Waals surface area contributed by atoms with Crippen LogP contribution in [0.4, 0.5) is 0 Å². The molecule has 1 aliphatic heterocycles. The molecule has 5 nitrogen and oxygen atoms in total. The van der Waals surface area contributed by atoms with Crippen molar-refractivity contribution in [2.45, 2.75) is 51.1 Å². The zero-order chi connectivity index (χ0) is 16.2. The van der Waals surface area contributed by atoms with Crippen LogP contribution in [0.15, 0.2) is 36.7 Å². The van der Waals surface area contributed by atoms with Gasteiger partial charge in [0.1, 0.15) is 6.33 Å². The molecule has 1 spiro atoms. The zero-order valence-electron chi connectivity index (χ0n) is 14.2. The Bertz CT molecular complexity index is 640. The van der Waals surface area contributed by atoms with Crippen LogP contribution < -0.4 is 5.32 Å². The first kappa shape index (κ1) is 15.8. The van der Waals surface area contributed by atoms with Crippen LogP contribution >= 0.6 is 0 Å². The summed E-state index contributed by atoms with van der Waals surface area (Å²) >= 11 is 0. The van der Waals surface area contributed by atoms with E-state index < -0.39 is 0 Å². The van der Waals surface area contributed by atoms with Crippen LogP contribution in [0.25, 0.3) is 5.69 Å². The molecule has 1 unspecified atom stereocenters. The smallest absolute Gasteiger partial charge is 0.164 e. The number of aromatic nitrogens is 3. The first-order valence-electron chi connectivity index (χ1n) is 9.13. The lowest BCUT2D eigenvalue weighted by Gasteiger charge is -2.46. The molecule has 24 heavy (non-hydrogen) atoms. The Hall–Kier alpha value is -1.72. The van der Waals surface area contributed by atoms with E-state index in [0.717, 1.165) is 37.7 Å². The van der Waals surface area contributed by atoms with Crippen molar-refractivity contribution < 1.29 is 4.74 Å². The van der Waals surface area contributed by atoms with Crippen molar-refractivity contribution in [1.29, 1.82) is 0 Å². The molecule has 1 aliphatic carbocycles. The monoisotopic (exact) mass is 326 g/mol. The van der Waals surface area contributed by atoms with Gasteiger partial charge in [-0.15, -0.1) is 5.10 Å². The summed E-state index contributed by atoms with van der Waals surface area (Å²) in [5.41, 5.74) is 1.38. The Morgan fingerprint density at radius 2 is 2.00 bits per heavy atom. The van der Waals surface area contributed by atoms with Crippen molar-refractivity contribution in [1.82, 2.24) is 20.1 Å². The van der Waals surface area contributed by atoms with E-state index in [2.05, 4.69) is 15.4 Å². The van der Waals surface area contributed by atoms with E-state index in [1.807, 2.05) is 35.0 Å². The van der Waals surface area contributed by atoms with Gasteiger partial charge in [-0.25, -0.2) is 9.67 Å². The predicted octanol–water partition coefficient (Wildman–Crippen LogP) is 3.10. The first-order valence-corrected chi connectivity index (χ1v) is 9.13. The summed E-state index contributed by atoms with van der Waals surface area (Å²) in [5.74, 6) is 0.858. The van der Waals surface area contributed by atoms with E-state index in [1.54, 1.807) is 6.33 Å². The van der Waals surface area contributed by atoms with Crippen LogP contribution in [0.5, 0.6) is 0 Å². The van der Waals surface area contributed by atoms with Crippen molar-refractivity contribution >= 4 is 0 Å². The Kier molecular flexibility index (Phi) is 4.63. The van der Waals surface area contributed by atoms with Crippen molar-refractivity contribution in [2.24, 2.45) is 5.41 Å². The van der Waals surface area contributed by atoms with Crippen LogP contribution in [-0.2, 0) is 11.3 Å². The van der Waals surface area contributed by atoms with E-state index in [9.17, 15) is 0 Å². The van der Waals surface area contributed by atoms with Gasteiger partial charge in [0.25, 0.3) is 0 Å². The molecule has 0 radical (unpaired) electrons. The SMILES string of the molecule is c1ccc(-n2cnc(CNC3CCOCC34CCCCC4)n2)cc1. The average Bonchev–Trinajstić information content (AvgIpc) is 3.12. The molecular weight excluding hydrogens is 300 g/mol. The summed E-state index contributed by atoms with van der Waals surface area (Å²) in [4.78, 5) is 4.47. The molecule has 2 heterocycles. The molecule has 2 aliphatic rings. The largest absolute Gasteiger partial charge is 0.381 e. The maximum Gasteiger partial charge on any atom is 0.164 e. The standard InChI is InChI=1S/C19H26N4O/c1-3-7-16(8-4-1)23-15-21-18(22-23)13-20-17-9-12-24-14-19(17)10-5-2-6-11-19/h1,3-4,7-8,15,17,20H,2,5-6,9-14H2. The molecule has 128 valence electrons. The maximum atomic E-state index is 5.83. The van der Waals surface area contributed by atoms with Gasteiger partial charge in [0.15, 0.2) is 5.82 Å². The van der Waals surface area contributed by atoms with Gasteiger partial charge in [-0.1, -0.05) is 37.5 Å². The average molecular weight is 326 g/mol. The van der Waals surface area contributed by atoms with Crippen LogP contribution in [0, 0.1) is 5.41 Å². The highest BCUT2D eigenvalue weighted by molar-refractivity contribution is 5.29. The third-order valence-electron chi connectivity index (χ3n) is 5.60. The molecule has 4 rings (SSSR count). The fourth-order valence-electron chi connectivity index (χ4n) is 4.25. The van der Waals surface area contributed by atoms with Gasteiger partial charge in [0.2, 0.25) is 0 Å². The molecule has 2 fully saturated rings. The lowest BCUT2D eigenvalue weighted by Crippen LogP contribution is -2.52. The van der Waals surface area contributed by atoms with E-state index in [4.69, 9.17) is 4.74 Å². The molecule has 1 saturated carbocycles. The highest BCUT2D eigenvalue weighted by Crippen LogP contribution is 2.42. The normalized spacial score (nSPS) is 23.4. The van der Waals surface area contributed by atoms with Gasteiger partial charge in [0.05, 0.1) is 18.8 Å². The van der Waals surface area contributed by atoms with Crippen molar-refractivity contribution in [3.8, 4) is 5.69 Å². The zero-order valence-corrected chi connectivity index (χ0v) is 14.2. The lowest BCUT2D eigenvalue weighted by molar-refractivity contribution is -0.0538. The molecule has 0 amide bonds. The Morgan fingerprint density at radius 3 is 2.83 bits per heavy atom. The number of nitrogens with zero attached hydrogens (tertiary/aromatic N) is 3. The number of ether oxygens (including phenoxy) is 1. The molecule has 5 heteroatoms. The molecule has 2 aromatic rings. The number of hydrogen-bond acceptors (Lipinski definition) is 4. The quantitative estimate of drug-likeness (QED) is 0.938. The third-order valence-corrected chi connectivity index (χ3v) is 5.60. The second-order valence-electron chi connectivity index (χ2n) is 7.14. The fourth-order valence-corrected chi connectivity index (χ4v) is 4.25. The summed E-state index contributed by atoms with van der Waals surface area (Å²) in [7, 11) is 0. The highest BCUT2D eigenvalue weighted by Gasteiger charge is 2.41. The minimum Gasteiger partial charge on any atom is -0.381 e. The molecule has 1 saturated heterocycles. The van der Waals surface area contributed by atoms with Crippen LogP contribution in [0.1, 0.15) is 44.3 Å². The maximum absolute atomic E-state index is 5.83. The number of nitrogens with one attached hydrogen (secondary N) is 1. The summed E-state index contributed by atoms with van der Waals surface area (Å²) in [5, 5.41) is 8.36. The van der Waals surface area contributed by atoms with E-state index in [1.165, 1.54) is 32.1 Å². The van der Waals surface area contributed by atoms with Crippen LogP contribution in [0.2, 0.25) is 0 Å². The predicted molar refractivity (Wildman–Crippen MR) is 92.9 cm³/mol. The van der Waals surface area contributed by atoms with Gasteiger partial charge >= 0.3 is 0 Å². The van der Waals surface area contributed by atoms with E-state index in [-0.39, 0.29) is 0 Å². The van der Waals surface area contributed by atoms with Gasteiger partial charge in [-0.05, 0) is 31.4 Å². The second kappa shape index (κ2) is 7.03. The third kappa shape index (κ3) is 3.23. The van der Waals surface area contributed by atoms with Crippen LogP contribution in [0.3, 0.4) is 0 Å². The topological polar surface area (TPSA) is 52.0 Å². The summed E-state index contributed by atoms with van der Waals surface area (Å²) in [6.45, 7) is 2.51. The number of hydrogen-bond donors (Lipinski definition) is 1. The molecule has 1 aromatic carbocycles. The Balaban J connectivity index is 1.41. The molecular formula is C19H26N4O. The van der Waals surface area contributed by atoms with Gasteiger partial charge in [0, 0.05) is 18.1 Å². The Labute approximate surface area is 143 Å². The van der Waals surface area contributed by atoms with E-state index >= 15 is 0 Å². The number of benzene rings is 1. The summed E-state index contributed by atoms with van der Waals surface area (Å²) < 4.78 is 7.68. The minimum absolute atomic E-state index is 0.332. The van der Waals surface area contributed by atoms with Gasteiger partial charge in [-0.2, -0.15) is 0 Å². The second-order valence-corrected chi connectivity index (χ2v) is 7.14. The molecule has 1 aromatic heterocycles. The highest BCUT2D eigenvalue weighted by atomic mass is 16.5. The van der Waals surface area contributed by atoms with E-state index in [0.29, 0.717) is 11.5 Å². The van der Waals surface area contributed by atoms with Gasteiger partial charge in [-0.3, -0.25) is 0 Å².